The Morgan fingerprint density at radius 1 is 1.00 bits per heavy atom. The van der Waals surface area contributed by atoms with Crippen LogP contribution in [0.3, 0.4) is 0 Å². The van der Waals surface area contributed by atoms with E-state index in [0.717, 1.165) is 28.8 Å². The van der Waals surface area contributed by atoms with Gasteiger partial charge in [-0.1, -0.05) is 35.9 Å². The average molecular weight is 523 g/mol. The van der Waals surface area contributed by atoms with Gasteiger partial charge in [-0.15, -0.1) is 0 Å². The molecule has 4 nitrogen and oxygen atoms in total. The van der Waals surface area contributed by atoms with Crippen LogP contribution < -0.4 is 19.5 Å². The molecule has 0 aliphatic heterocycles. The number of halogens is 3. The van der Waals surface area contributed by atoms with Gasteiger partial charge in [0.15, 0.2) is 11.5 Å². The van der Waals surface area contributed by atoms with E-state index in [1.165, 1.54) is 17.7 Å². The first-order valence-corrected chi connectivity index (χ1v) is 11.5. The molecule has 1 N–H and O–H groups in total. The van der Waals surface area contributed by atoms with Crippen LogP contribution in [0.2, 0.25) is 5.02 Å². The molecule has 0 atom stereocenters. The summed E-state index contributed by atoms with van der Waals surface area (Å²) in [4.78, 5) is 0. The minimum Gasteiger partial charge on any atom is -0.496 e. The second-order valence-corrected chi connectivity index (χ2v) is 8.36. The van der Waals surface area contributed by atoms with Gasteiger partial charge in [0.25, 0.3) is 0 Å². The van der Waals surface area contributed by atoms with E-state index in [1.54, 1.807) is 13.2 Å². The summed E-state index contributed by atoms with van der Waals surface area (Å²) in [6, 6.07) is 16.2. The van der Waals surface area contributed by atoms with E-state index < -0.39 is 0 Å². The van der Waals surface area contributed by atoms with Gasteiger partial charge in [-0.05, 0) is 77.3 Å². The summed E-state index contributed by atoms with van der Waals surface area (Å²) < 4.78 is 31.3. The predicted octanol–water partition coefficient (Wildman–Crippen LogP) is 6.56. The standard InChI is InChI=1S/C25H26BrClFNO3/c1-3-31-24-13-17(15-29-11-10-18-6-4-5-7-23(18)30-2)12-21(26)25(24)32-16-19-8-9-20(28)14-22(19)27/h4-9,12-14,29H,3,10-11,15-16H2,1-2H3. The maximum Gasteiger partial charge on any atom is 0.175 e. The highest BCUT2D eigenvalue weighted by Gasteiger charge is 2.14. The second-order valence-electron chi connectivity index (χ2n) is 7.10. The van der Waals surface area contributed by atoms with Crippen LogP contribution in [0, 0.1) is 5.82 Å². The Balaban J connectivity index is 1.64. The Morgan fingerprint density at radius 2 is 1.81 bits per heavy atom. The number of hydrogen-bond acceptors (Lipinski definition) is 4. The molecule has 7 heteroatoms. The molecule has 0 unspecified atom stereocenters. The Hall–Kier alpha value is -2.28. The Labute approximate surface area is 201 Å². The normalized spacial score (nSPS) is 10.8. The smallest absolute Gasteiger partial charge is 0.175 e. The van der Waals surface area contributed by atoms with Crippen molar-refractivity contribution in [1.29, 1.82) is 0 Å². The molecule has 0 spiro atoms. The fourth-order valence-corrected chi connectivity index (χ4v) is 4.11. The molecule has 0 bridgehead atoms. The summed E-state index contributed by atoms with van der Waals surface area (Å²) in [5.41, 5.74) is 2.93. The molecule has 32 heavy (non-hydrogen) atoms. The van der Waals surface area contributed by atoms with Crippen LogP contribution in [0.4, 0.5) is 4.39 Å². The van der Waals surface area contributed by atoms with E-state index in [1.807, 2.05) is 37.3 Å². The highest BCUT2D eigenvalue weighted by atomic mass is 79.9. The Kier molecular flexibility index (Phi) is 9.21. The summed E-state index contributed by atoms with van der Waals surface area (Å²) in [6.45, 7) is 4.12. The first-order chi connectivity index (χ1) is 15.5. The number of nitrogens with one attached hydrogen (secondary N) is 1. The molecule has 3 aromatic rings. The summed E-state index contributed by atoms with van der Waals surface area (Å²) in [5.74, 6) is 1.75. The summed E-state index contributed by atoms with van der Waals surface area (Å²) in [7, 11) is 1.69. The molecule has 0 aromatic heterocycles. The van der Waals surface area contributed by atoms with Crippen LogP contribution in [-0.4, -0.2) is 20.3 Å². The van der Waals surface area contributed by atoms with E-state index in [4.69, 9.17) is 25.8 Å². The topological polar surface area (TPSA) is 39.7 Å². The number of hydrogen-bond donors (Lipinski definition) is 1. The van der Waals surface area contributed by atoms with E-state index in [9.17, 15) is 4.39 Å². The quantitative estimate of drug-likeness (QED) is 0.290. The van der Waals surface area contributed by atoms with Crippen LogP contribution >= 0.6 is 27.5 Å². The number of para-hydroxylation sites is 1. The number of methoxy groups -OCH3 is 1. The summed E-state index contributed by atoms with van der Waals surface area (Å²) in [5, 5.41) is 3.79. The lowest BCUT2D eigenvalue weighted by atomic mass is 10.1. The zero-order valence-electron chi connectivity index (χ0n) is 18.1. The minimum absolute atomic E-state index is 0.203. The first-order valence-electron chi connectivity index (χ1n) is 10.4. The van der Waals surface area contributed by atoms with Crippen molar-refractivity contribution in [3.8, 4) is 17.2 Å². The van der Waals surface area contributed by atoms with Crippen molar-refractivity contribution in [1.82, 2.24) is 5.32 Å². The van der Waals surface area contributed by atoms with Crippen molar-refractivity contribution in [3.05, 3.63) is 86.6 Å². The maximum absolute atomic E-state index is 13.3. The van der Waals surface area contributed by atoms with Gasteiger partial charge in [0.05, 0.1) is 23.2 Å². The highest BCUT2D eigenvalue weighted by molar-refractivity contribution is 9.10. The second kappa shape index (κ2) is 12.1. The van der Waals surface area contributed by atoms with Crippen molar-refractivity contribution < 1.29 is 18.6 Å². The van der Waals surface area contributed by atoms with Crippen molar-refractivity contribution in [2.45, 2.75) is 26.5 Å². The highest BCUT2D eigenvalue weighted by Crippen LogP contribution is 2.38. The van der Waals surface area contributed by atoms with Crippen LogP contribution in [0.5, 0.6) is 17.2 Å². The largest absolute Gasteiger partial charge is 0.496 e. The van der Waals surface area contributed by atoms with Crippen LogP contribution in [0.15, 0.2) is 59.1 Å². The molecule has 0 radical (unpaired) electrons. The van der Waals surface area contributed by atoms with Crippen molar-refractivity contribution in [3.63, 3.8) is 0 Å². The molecule has 0 saturated carbocycles. The van der Waals surface area contributed by atoms with Crippen LogP contribution in [0.25, 0.3) is 0 Å². The molecule has 0 heterocycles. The van der Waals surface area contributed by atoms with Crippen molar-refractivity contribution in [2.24, 2.45) is 0 Å². The third-order valence-corrected chi connectivity index (χ3v) is 5.79. The SMILES string of the molecule is CCOc1cc(CNCCc2ccccc2OC)cc(Br)c1OCc1ccc(F)cc1Cl. The molecule has 0 fully saturated rings. The molecule has 3 aromatic carbocycles. The molecule has 170 valence electrons. The maximum atomic E-state index is 13.3. The van der Waals surface area contributed by atoms with Crippen molar-refractivity contribution in [2.75, 3.05) is 20.3 Å². The minimum atomic E-state index is -0.377. The fraction of sp³-hybridized carbons (Fsp3) is 0.280. The van der Waals surface area contributed by atoms with Crippen LogP contribution in [-0.2, 0) is 19.6 Å². The van der Waals surface area contributed by atoms with E-state index in [-0.39, 0.29) is 12.4 Å². The van der Waals surface area contributed by atoms with Gasteiger partial charge in [0.2, 0.25) is 0 Å². The van der Waals surface area contributed by atoms with E-state index >= 15 is 0 Å². The zero-order chi connectivity index (χ0) is 22.9. The van der Waals surface area contributed by atoms with Gasteiger partial charge in [-0.25, -0.2) is 4.39 Å². The molecular weight excluding hydrogens is 497 g/mol. The monoisotopic (exact) mass is 521 g/mol. The first kappa shape index (κ1) is 24.4. The summed E-state index contributed by atoms with van der Waals surface area (Å²) in [6.07, 6.45) is 0.864. The Morgan fingerprint density at radius 3 is 2.56 bits per heavy atom. The predicted molar refractivity (Wildman–Crippen MR) is 129 cm³/mol. The fourth-order valence-electron chi connectivity index (χ4n) is 3.28. The number of ether oxygens (including phenoxy) is 3. The summed E-state index contributed by atoms with van der Waals surface area (Å²) >= 11 is 9.71. The van der Waals surface area contributed by atoms with Crippen LogP contribution in [0.1, 0.15) is 23.6 Å². The molecule has 0 aliphatic rings. The molecular formula is C25H26BrClFNO3. The third kappa shape index (κ3) is 6.61. The van der Waals surface area contributed by atoms with E-state index in [2.05, 4.69) is 27.3 Å². The van der Waals surface area contributed by atoms with E-state index in [0.29, 0.717) is 35.2 Å². The van der Waals surface area contributed by atoms with Gasteiger partial charge in [-0.3, -0.25) is 0 Å². The number of benzene rings is 3. The van der Waals surface area contributed by atoms with Gasteiger partial charge in [0, 0.05) is 12.1 Å². The van der Waals surface area contributed by atoms with Gasteiger partial charge in [-0.2, -0.15) is 0 Å². The molecule has 3 rings (SSSR count). The average Bonchev–Trinajstić information content (AvgIpc) is 2.78. The lowest BCUT2D eigenvalue weighted by Gasteiger charge is -2.16. The Bertz CT molecular complexity index is 1050. The molecule has 0 saturated heterocycles. The van der Waals surface area contributed by atoms with Crippen molar-refractivity contribution >= 4 is 27.5 Å². The zero-order valence-corrected chi connectivity index (χ0v) is 20.4. The van der Waals surface area contributed by atoms with Gasteiger partial charge in [0.1, 0.15) is 18.2 Å². The lowest BCUT2D eigenvalue weighted by Crippen LogP contribution is -2.17. The number of rotatable bonds is 11. The van der Waals surface area contributed by atoms with Gasteiger partial charge >= 0.3 is 0 Å². The van der Waals surface area contributed by atoms with Gasteiger partial charge < -0.3 is 19.5 Å². The lowest BCUT2D eigenvalue weighted by molar-refractivity contribution is 0.267. The molecule has 0 amide bonds. The third-order valence-electron chi connectivity index (χ3n) is 4.85. The molecule has 0 aliphatic carbocycles.